The molecule has 0 atom stereocenters. The second-order valence-electron chi connectivity index (χ2n) is 5.38. The van der Waals surface area contributed by atoms with E-state index in [-0.39, 0.29) is 5.69 Å². The lowest BCUT2D eigenvalue weighted by molar-refractivity contribution is -0.384. The maximum absolute atomic E-state index is 10.8. The Labute approximate surface area is 125 Å². The van der Waals surface area contributed by atoms with E-state index in [0.29, 0.717) is 17.4 Å². The first kappa shape index (κ1) is 17.2. The molecule has 0 unspecified atom stereocenters. The molecule has 0 saturated carbocycles. The van der Waals surface area contributed by atoms with Crippen LogP contribution in [0.3, 0.4) is 0 Å². The van der Waals surface area contributed by atoms with Crippen LogP contribution in [-0.2, 0) is 0 Å². The fourth-order valence-corrected chi connectivity index (χ4v) is 1.88. The molecular formula is C14H25N5O2. The number of nitro groups is 1. The molecule has 0 amide bonds. The molecule has 7 nitrogen and oxygen atoms in total. The highest BCUT2D eigenvalue weighted by Gasteiger charge is 2.09. The number of nitrogens with two attached hydrogens (primary N) is 1. The molecule has 4 N–H and O–H groups in total. The first-order valence-corrected chi connectivity index (χ1v) is 7.14. The summed E-state index contributed by atoms with van der Waals surface area (Å²) in [6.45, 7) is 6.16. The first-order chi connectivity index (χ1) is 9.93. The fourth-order valence-electron chi connectivity index (χ4n) is 1.88. The highest BCUT2D eigenvalue weighted by atomic mass is 16.6. The van der Waals surface area contributed by atoms with Gasteiger partial charge in [-0.2, -0.15) is 0 Å². The smallest absolute Gasteiger partial charge is 0.273 e. The zero-order valence-electron chi connectivity index (χ0n) is 12.9. The fraction of sp³-hybridized carbons (Fsp3) is 0.571. The monoisotopic (exact) mass is 295 g/mol. The number of hydrogen-bond acceptors (Lipinski definition) is 6. The summed E-state index contributed by atoms with van der Waals surface area (Å²) in [5, 5.41) is 14.0. The Morgan fingerprint density at radius 3 is 2.52 bits per heavy atom. The van der Waals surface area contributed by atoms with Crippen LogP contribution in [0.15, 0.2) is 18.2 Å². The van der Waals surface area contributed by atoms with Crippen molar-refractivity contribution in [3.05, 3.63) is 28.3 Å². The molecule has 0 aromatic heterocycles. The largest absolute Gasteiger partial charge is 0.385 e. The molecule has 0 spiro atoms. The molecule has 0 saturated heterocycles. The van der Waals surface area contributed by atoms with Crippen molar-refractivity contribution in [2.75, 3.05) is 30.9 Å². The second-order valence-corrected chi connectivity index (χ2v) is 5.38. The summed E-state index contributed by atoms with van der Waals surface area (Å²) in [7, 11) is 2.11. The van der Waals surface area contributed by atoms with Crippen LogP contribution in [0, 0.1) is 10.1 Å². The predicted molar refractivity (Wildman–Crippen MR) is 86.4 cm³/mol. The number of hydrogen-bond donors (Lipinski definition) is 3. The van der Waals surface area contributed by atoms with Crippen molar-refractivity contribution in [1.29, 1.82) is 0 Å². The molecule has 0 aliphatic carbocycles. The Balaban J connectivity index is 2.44. The van der Waals surface area contributed by atoms with Gasteiger partial charge in [0.25, 0.3) is 5.69 Å². The quantitative estimate of drug-likeness (QED) is 0.280. The molecule has 21 heavy (non-hydrogen) atoms. The number of non-ortho nitro benzene ring substituents is 1. The van der Waals surface area contributed by atoms with E-state index in [1.807, 2.05) is 0 Å². The topological polar surface area (TPSA) is 96.5 Å². The van der Waals surface area contributed by atoms with Crippen LogP contribution in [-0.4, -0.2) is 36.0 Å². The Morgan fingerprint density at radius 2 is 1.95 bits per heavy atom. The van der Waals surface area contributed by atoms with Gasteiger partial charge in [0.2, 0.25) is 0 Å². The third-order valence-corrected chi connectivity index (χ3v) is 3.44. The van der Waals surface area contributed by atoms with E-state index >= 15 is 0 Å². The van der Waals surface area contributed by atoms with Gasteiger partial charge < -0.3 is 15.6 Å². The van der Waals surface area contributed by atoms with Crippen LogP contribution in [0.25, 0.3) is 0 Å². The van der Waals surface area contributed by atoms with Crippen LogP contribution < -0.4 is 16.6 Å². The number of nitrogens with one attached hydrogen (secondary N) is 2. The third kappa shape index (κ3) is 5.97. The molecule has 0 aliphatic heterocycles. The van der Waals surface area contributed by atoms with Crippen molar-refractivity contribution in [1.82, 2.24) is 4.90 Å². The van der Waals surface area contributed by atoms with Crippen molar-refractivity contribution in [2.45, 2.75) is 32.7 Å². The zero-order chi connectivity index (χ0) is 15.8. The highest BCUT2D eigenvalue weighted by Crippen LogP contribution is 2.23. The lowest BCUT2D eigenvalue weighted by Crippen LogP contribution is -2.27. The standard InChI is InChI=1S/C14H25N5O2/c1-11(2)18(3)7-5-4-6-16-12-8-13(17-15)10-14(9-12)19(20)21/h8-11,16-17H,4-7,15H2,1-3H3. The molecule has 0 fully saturated rings. The van der Waals surface area contributed by atoms with E-state index in [1.54, 1.807) is 6.07 Å². The van der Waals surface area contributed by atoms with Crippen molar-refractivity contribution < 1.29 is 4.92 Å². The second kappa shape index (κ2) is 8.43. The van der Waals surface area contributed by atoms with Gasteiger partial charge in [0, 0.05) is 30.4 Å². The van der Waals surface area contributed by atoms with Crippen LogP contribution in [0.2, 0.25) is 0 Å². The minimum atomic E-state index is -0.427. The number of nitrogen functional groups attached to an aromatic ring is 1. The van der Waals surface area contributed by atoms with Gasteiger partial charge in [-0.15, -0.1) is 0 Å². The maximum atomic E-state index is 10.8. The molecule has 0 bridgehead atoms. The van der Waals surface area contributed by atoms with Gasteiger partial charge in [0.05, 0.1) is 10.6 Å². The van der Waals surface area contributed by atoms with E-state index in [0.717, 1.165) is 25.9 Å². The molecule has 1 rings (SSSR count). The lowest BCUT2D eigenvalue weighted by Gasteiger charge is -2.20. The number of hydrazine groups is 1. The summed E-state index contributed by atoms with van der Waals surface area (Å²) in [4.78, 5) is 12.7. The summed E-state index contributed by atoms with van der Waals surface area (Å²) in [5.41, 5.74) is 3.68. The van der Waals surface area contributed by atoms with Gasteiger partial charge in [0.15, 0.2) is 0 Å². The van der Waals surface area contributed by atoms with Crippen LogP contribution >= 0.6 is 0 Å². The van der Waals surface area contributed by atoms with Gasteiger partial charge in [0.1, 0.15) is 0 Å². The Morgan fingerprint density at radius 1 is 1.29 bits per heavy atom. The molecule has 1 aromatic carbocycles. The molecule has 0 aliphatic rings. The van der Waals surface area contributed by atoms with Gasteiger partial charge in [-0.3, -0.25) is 16.0 Å². The minimum absolute atomic E-state index is 0.0208. The average Bonchev–Trinajstić information content (AvgIpc) is 2.46. The van der Waals surface area contributed by atoms with Crippen LogP contribution in [0.4, 0.5) is 17.1 Å². The van der Waals surface area contributed by atoms with E-state index in [1.165, 1.54) is 12.1 Å². The molecule has 1 aromatic rings. The van der Waals surface area contributed by atoms with Crippen molar-refractivity contribution in [2.24, 2.45) is 5.84 Å². The average molecular weight is 295 g/mol. The summed E-state index contributed by atoms with van der Waals surface area (Å²) >= 11 is 0. The highest BCUT2D eigenvalue weighted by molar-refractivity contribution is 5.63. The third-order valence-electron chi connectivity index (χ3n) is 3.44. The van der Waals surface area contributed by atoms with Gasteiger partial charge in [-0.25, -0.2) is 0 Å². The molecule has 0 radical (unpaired) electrons. The van der Waals surface area contributed by atoms with Crippen LogP contribution in [0.1, 0.15) is 26.7 Å². The van der Waals surface area contributed by atoms with Crippen molar-refractivity contribution in [3.63, 3.8) is 0 Å². The van der Waals surface area contributed by atoms with E-state index in [4.69, 9.17) is 5.84 Å². The maximum Gasteiger partial charge on any atom is 0.273 e. The number of benzene rings is 1. The normalized spacial score (nSPS) is 11.0. The van der Waals surface area contributed by atoms with Gasteiger partial charge in [-0.05, 0) is 46.3 Å². The number of unbranched alkanes of at least 4 members (excludes halogenated alkanes) is 1. The summed E-state index contributed by atoms with van der Waals surface area (Å²) in [5.74, 6) is 5.32. The van der Waals surface area contributed by atoms with Gasteiger partial charge in [-0.1, -0.05) is 0 Å². The number of anilines is 2. The molecule has 118 valence electrons. The summed E-state index contributed by atoms with van der Waals surface area (Å²) in [6, 6.07) is 5.23. The summed E-state index contributed by atoms with van der Waals surface area (Å²) in [6.07, 6.45) is 2.09. The van der Waals surface area contributed by atoms with Crippen molar-refractivity contribution >= 4 is 17.1 Å². The number of nitro benzene ring substituents is 1. The minimum Gasteiger partial charge on any atom is -0.385 e. The Bertz CT molecular complexity index is 465. The lowest BCUT2D eigenvalue weighted by atomic mass is 10.2. The molecule has 0 heterocycles. The van der Waals surface area contributed by atoms with E-state index in [9.17, 15) is 10.1 Å². The van der Waals surface area contributed by atoms with E-state index in [2.05, 4.69) is 36.5 Å². The predicted octanol–water partition coefficient (Wildman–Crippen LogP) is 2.41. The number of rotatable bonds is 9. The first-order valence-electron chi connectivity index (χ1n) is 7.14. The molecular weight excluding hydrogens is 270 g/mol. The van der Waals surface area contributed by atoms with E-state index < -0.39 is 4.92 Å². The van der Waals surface area contributed by atoms with Gasteiger partial charge >= 0.3 is 0 Å². The Hall–Kier alpha value is -1.86. The van der Waals surface area contributed by atoms with Crippen molar-refractivity contribution in [3.8, 4) is 0 Å². The zero-order valence-corrected chi connectivity index (χ0v) is 12.9. The van der Waals surface area contributed by atoms with Crippen LogP contribution in [0.5, 0.6) is 0 Å². The SMILES string of the molecule is CC(C)N(C)CCCCNc1cc(NN)cc([N+](=O)[O-])c1. The Kier molecular flexibility index (Phi) is 6.90. The summed E-state index contributed by atoms with van der Waals surface area (Å²) < 4.78 is 0. The molecule has 7 heteroatoms. The number of nitrogens with zero attached hydrogens (tertiary/aromatic N) is 2.